The molecule has 256 valence electrons. The lowest BCUT2D eigenvalue weighted by Crippen LogP contribution is -2.64. The summed E-state index contributed by atoms with van der Waals surface area (Å²) in [7, 11) is 1.31. The molecule has 0 bridgehead atoms. The lowest BCUT2D eigenvalue weighted by atomic mass is 10.0. The van der Waals surface area contributed by atoms with E-state index in [9.17, 15) is 39.2 Å². The Morgan fingerprint density at radius 2 is 1.60 bits per heavy atom. The van der Waals surface area contributed by atoms with Gasteiger partial charge in [0.1, 0.15) is 12.1 Å². The van der Waals surface area contributed by atoms with Gasteiger partial charge in [-0.15, -0.1) is 0 Å². The predicted octanol–water partition coefficient (Wildman–Crippen LogP) is 0.607. The lowest BCUT2D eigenvalue weighted by Gasteiger charge is -2.36. The van der Waals surface area contributed by atoms with Gasteiger partial charge >= 0.3 is 12.1 Å². The average molecular weight is 667 g/mol. The minimum absolute atomic E-state index is 0.0283. The molecule has 3 aromatic rings. The molecule has 2 aromatic carbocycles. The smallest absolute Gasteiger partial charge is 0.405 e. The fraction of sp³-hybridized carbons (Fsp3) is 0.333. The molecule has 9 N–H and O–H groups in total. The molecule has 3 rings (SSSR count). The molecule has 1 heterocycles. The van der Waals surface area contributed by atoms with Crippen LogP contribution >= 0.6 is 0 Å². The van der Waals surface area contributed by atoms with E-state index in [0.717, 1.165) is 20.8 Å². The van der Waals surface area contributed by atoms with Crippen molar-refractivity contribution in [1.29, 1.82) is 5.41 Å². The first-order chi connectivity index (χ1) is 22.8. The van der Waals surface area contributed by atoms with Crippen LogP contribution in [0.15, 0.2) is 60.8 Å². The van der Waals surface area contributed by atoms with Gasteiger partial charge in [0.25, 0.3) is 5.91 Å². The van der Waals surface area contributed by atoms with E-state index in [1.54, 1.807) is 54.7 Å². The van der Waals surface area contributed by atoms with Gasteiger partial charge < -0.3 is 37.1 Å². The molecular formula is C30H38N10O8. The highest BCUT2D eigenvalue weighted by molar-refractivity contribution is 5.99. The van der Waals surface area contributed by atoms with Crippen LogP contribution in [0.3, 0.4) is 0 Å². The number of carbonyl (C=O) groups is 5. The molecular weight excluding hydrogens is 628 g/mol. The van der Waals surface area contributed by atoms with E-state index < -0.39 is 65.9 Å². The number of hydrazine groups is 1. The number of hydrogen-bond acceptors (Lipinski definition) is 8. The summed E-state index contributed by atoms with van der Waals surface area (Å²) in [6, 6.07) is 11.6. The predicted molar refractivity (Wildman–Crippen MR) is 173 cm³/mol. The number of benzene rings is 2. The number of hydrogen-bond donors (Lipinski definition) is 7. The largest absolute Gasteiger partial charge is 0.465 e. The highest BCUT2D eigenvalue weighted by Gasteiger charge is 2.36. The zero-order valence-electron chi connectivity index (χ0n) is 26.1. The fourth-order valence-corrected chi connectivity index (χ4v) is 5.05. The Labute approximate surface area is 274 Å². The number of rotatable bonds is 15. The van der Waals surface area contributed by atoms with Gasteiger partial charge in [0.2, 0.25) is 24.3 Å². The number of urea groups is 1. The number of carboxylic acid groups (broad SMARTS) is 1. The van der Waals surface area contributed by atoms with Crippen molar-refractivity contribution in [2.75, 3.05) is 26.7 Å². The molecule has 48 heavy (non-hydrogen) atoms. The number of nitro groups is 1. The number of guanidine groups is 1. The van der Waals surface area contributed by atoms with Gasteiger partial charge in [-0.1, -0.05) is 48.5 Å². The number of fused-ring (bicyclic) bond motifs is 1. The Bertz CT molecular complexity index is 1650. The minimum atomic E-state index is -1.54. The monoisotopic (exact) mass is 666 g/mol. The Morgan fingerprint density at radius 3 is 2.23 bits per heavy atom. The molecule has 18 nitrogen and oxygen atoms in total. The molecule has 6 amide bonds. The van der Waals surface area contributed by atoms with E-state index in [1.165, 1.54) is 7.05 Å². The summed E-state index contributed by atoms with van der Waals surface area (Å²) in [6.07, 6.45) is -0.210. The number of H-pyrrole nitrogens is 1. The quantitative estimate of drug-likeness (QED) is 0.0393. The molecule has 0 spiro atoms. The summed E-state index contributed by atoms with van der Waals surface area (Å²) >= 11 is 0. The van der Waals surface area contributed by atoms with Gasteiger partial charge in [-0.05, 0) is 23.6 Å². The second kappa shape index (κ2) is 16.9. The summed E-state index contributed by atoms with van der Waals surface area (Å²) in [5, 5.41) is 35.2. The molecule has 0 radical (unpaired) electrons. The number of amides is 6. The highest BCUT2D eigenvalue weighted by Crippen LogP contribution is 2.20. The van der Waals surface area contributed by atoms with Crippen LogP contribution in [-0.2, 0) is 27.2 Å². The summed E-state index contributed by atoms with van der Waals surface area (Å²) in [5.41, 5.74) is 13.0. The van der Waals surface area contributed by atoms with Gasteiger partial charge in [-0.25, -0.2) is 14.6 Å². The number of carbonyl (C=O) groups excluding carboxylic acids is 4. The van der Waals surface area contributed by atoms with Crippen LogP contribution in [0, 0.1) is 15.5 Å². The van der Waals surface area contributed by atoms with Gasteiger partial charge in [-0.3, -0.25) is 29.9 Å². The number of nitrogens with zero attached hydrogens (tertiary/aromatic N) is 4. The molecule has 0 aliphatic rings. The first kappa shape index (κ1) is 36.3. The minimum Gasteiger partial charge on any atom is -0.465 e. The fourth-order valence-electron chi connectivity index (χ4n) is 5.05. The summed E-state index contributed by atoms with van der Waals surface area (Å²) in [4.78, 5) is 79.2. The number of nitrogens with one attached hydrogen (secondary N) is 4. The Morgan fingerprint density at radius 1 is 0.958 bits per heavy atom. The first-order valence-electron chi connectivity index (χ1n) is 14.8. The van der Waals surface area contributed by atoms with E-state index in [-0.39, 0.29) is 32.2 Å². The Kier molecular flexibility index (Phi) is 12.8. The van der Waals surface area contributed by atoms with Crippen molar-refractivity contribution in [3.05, 3.63) is 82.0 Å². The third-order valence-corrected chi connectivity index (χ3v) is 7.22. The third kappa shape index (κ3) is 10.2. The van der Waals surface area contributed by atoms with E-state index in [1.807, 2.05) is 6.07 Å². The van der Waals surface area contributed by atoms with Crippen LogP contribution in [0.2, 0.25) is 0 Å². The molecule has 0 aliphatic carbocycles. The normalized spacial score (nSPS) is 11.9. The standard InChI is InChI=1S/C30H38N10O8/c1-37(18-25(31)41)26(42)24(16-20-17-34-22-12-6-5-11-21(20)22)35-29(44)40(28(32)33)38(13-7-8-14-39(47)48)27(43)23(36-30(45)46)15-19-9-3-2-4-10-19/h2-6,9-12,17,23-24,34,36H,7-8,13-16,18H2,1H3,(H2,31,41)(H3,32,33)(H,35,44)(H,45,46). The second-order valence-corrected chi connectivity index (χ2v) is 10.8. The number of primary amides is 1. The molecule has 2 unspecified atom stereocenters. The van der Waals surface area contributed by atoms with E-state index in [0.29, 0.717) is 16.1 Å². The molecule has 0 fully saturated rings. The number of aromatic nitrogens is 1. The Balaban J connectivity index is 1.99. The molecule has 0 saturated heterocycles. The number of para-hydroxylation sites is 1. The van der Waals surface area contributed by atoms with Crippen LogP contribution in [-0.4, -0.2) is 105 Å². The maximum atomic E-state index is 14.0. The van der Waals surface area contributed by atoms with Crippen LogP contribution in [0.1, 0.15) is 24.0 Å². The van der Waals surface area contributed by atoms with Crippen molar-refractivity contribution in [3.63, 3.8) is 0 Å². The summed E-state index contributed by atoms with van der Waals surface area (Å²) in [6.45, 7) is -1.31. The first-order valence-corrected chi connectivity index (χ1v) is 14.8. The Hall–Kier alpha value is -6.20. The molecule has 0 aliphatic heterocycles. The van der Waals surface area contributed by atoms with E-state index in [4.69, 9.17) is 16.9 Å². The van der Waals surface area contributed by atoms with E-state index >= 15 is 0 Å². The lowest BCUT2D eigenvalue weighted by molar-refractivity contribution is -0.480. The van der Waals surface area contributed by atoms with Crippen molar-refractivity contribution >= 4 is 46.7 Å². The van der Waals surface area contributed by atoms with Gasteiger partial charge in [0.15, 0.2) is 0 Å². The third-order valence-electron chi connectivity index (χ3n) is 7.22. The summed E-state index contributed by atoms with van der Waals surface area (Å²) < 4.78 is 0. The van der Waals surface area contributed by atoms with Crippen LogP contribution in [0.5, 0.6) is 0 Å². The van der Waals surface area contributed by atoms with Crippen molar-refractivity contribution in [2.45, 2.75) is 37.8 Å². The maximum absolute atomic E-state index is 14.0. The van der Waals surface area contributed by atoms with Gasteiger partial charge in [0.05, 0.1) is 6.54 Å². The number of unbranched alkanes of at least 4 members (excludes halogenated alkanes) is 1. The molecule has 18 heteroatoms. The van der Waals surface area contributed by atoms with Crippen molar-refractivity contribution in [2.24, 2.45) is 11.5 Å². The number of aromatic amines is 1. The number of nitrogens with two attached hydrogens (primary N) is 2. The highest BCUT2D eigenvalue weighted by atomic mass is 16.6. The molecule has 1 aromatic heterocycles. The van der Waals surface area contributed by atoms with Crippen molar-refractivity contribution < 1.29 is 34.0 Å². The van der Waals surface area contributed by atoms with Crippen LogP contribution in [0.4, 0.5) is 9.59 Å². The topological polar surface area (TPSA) is 274 Å². The zero-order chi connectivity index (χ0) is 35.4. The zero-order valence-corrected chi connectivity index (χ0v) is 26.1. The SMILES string of the molecule is CN(CC(N)=O)C(=O)C(Cc1c[nH]c2ccccc12)NC(=O)N(C(=N)N)N(CCCC[N+](=O)[O-])C(=O)C(Cc1ccccc1)NC(=O)O. The van der Waals surface area contributed by atoms with Gasteiger partial charge in [-0.2, -0.15) is 5.01 Å². The second-order valence-electron chi connectivity index (χ2n) is 10.8. The van der Waals surface area contributed by atoms with Crippen LogP contribution in [0.25, 0.3) is 10.9 Å². The van der Waals surface area contributed by atoms with Crippen LogP contribution < -0.4 is 22.1 Å². The van der Waals surface area contributed by atoms with Crippen molar-refractivity contribution in [3.8, 4) is 0 Å². The maximum Gasteiger partial charge on any atom is 0.405 e. The van der Waals surface area contributed by atoms with Gasteiger partial charge in [0, 0.05) is 54.9 Å². The summed E-state index contributed by atoms with van der Waals surface area (Å²) in [5.74, 6) is -3.49. The molecule has 2 atom stereocenters. The van der Waals surface area contributed by atoms with E-state index in [2.05, 4.69) is 15.6 Å². The number of likely N-dealkylation sites (N-methyl/N-ethyl adjacent to an activating group) is 1. The average Bonchev–Trinajstić information content (AvgIpc) is 3.43. The van der Waals surface area contributed by atoms with Crippen molar-refractivity contribution in [1.82, 2.24) is 30.5 Å². The molecule has 0 saturated carbocycles.